The minimum absolute atomic E-state index is 0.279. The molecule has 0 amide bonds. The van der Waals surface area contributed by atoms with Crippen LogP contribution in [0.4, 0.5) is 0 Å². The van der Waals surface area contributed by atoms with Crippen molar-refractivity contribution in [3.63, 3.8) is 0 Å². The lowest BCUT2D eigenvalue weighted by Crippen LogP contribution is -2.40. The number of aliphatic hydroxyl groups is 1. The molecule has 0 bridgehead atoms. The van der Waals surface area contributed by atoms with Gasteiger partial charge in [0.2, 0.25) is 0 Å². The van der Waals surface area contributed by atoms with E-state index in [0.717, 1.165) is 25.3 Å². The zero-order chi connectivity index (χ0) is 10.5. The molecule has 0 aliphatic heterocycles. The van der Waals surface area contributed by atoms with E-state index in [9.17, 15) is 0 Å². The van der Waals surface area contributed by atoms with E-state index in [0.29, 0.717) is 6.04 Å². The third kappa shape index (κ3) is 2.83. The van der Waals surface area contributed by atoms with Gasteiger partial charge in [-0.25, -0.2) is 0 Å². The van der Waals surface area contributed by atoms with Gasteiger partial charge in [0.25, 0.3) is 0 Å². The highest BCUT2D eigenvalue weighted by Crippen LogP contribution is 2.26. The second-order valence-electron chi connectivity index (χ2n) is 4.21. The normalized spacial score (nSPS) is 16.9. The zero-order valence-electron chi connectivity index (χ0n) is 9.06. The maximum atomic E-state index is 8.86. The highest BCUT2D eigenvalue weighted by atomic mass is 16.3. The molecular formula is C12H19NO2. The second-order valence-corrected chi connectivity index (χ2v) is 4.21. The van der Waals surface area contributed by atoms with Gasteiger partial charge in [0.1, 0.15) is 5.76 Å². The van der Waals surface area contributed by atoms with Crippen molar-refractivity contribution in [3.8, 4) is 0 Å². The van der Waals surface area contributed by atoms with Gasteiger partial charge < -0.3 is 9.52 Å². The molecule has 1 aromatic heterocycles. The van der Waals surface area contributed by atoms with E-state index in [2.05, 4.69) is 4.90 Å². The molecule has 1 N–H and O–H groups in total. The summed E-state index contributed by atoms with van der Waals surface area (Å²) in [7, 11) is 0. The van der Waals surface area contributed by atoms with Crippen LogP contribution < -0.4 is 0 Å². The Morgan fingerprint density at radius 3 is 2.87 bits per heavy atom. The number of furan rings is 1. The Labute approximate surface area is 90.7 Å². The molecule has 0 radical (unpaired) electrons. The van der Waals surface area contributed by atoms with Gasteiger partial charge in [0.05, 0.1) is 12.8 Å². The average Bonchev–Trinajstić information content (AvgIpc) is 2.64. The van der Waals surface area contributed by atoms with E-state index in [1.54, 1.807) is 6.26 Å². The van der Waals surface area contributed by atoms with E-state index in [1.165, 1.54) is 19.3 Å². The maximum Gasteiger partial charge on any atom is 0.117 e. The Morgan fingerprint density at radius 2 is 2.33 bits per heavy atom. The van der Waals surface area contributed by atoms with E-state index in [4.69, 9.17) is 9.52 Å². The average molecular weight is 209 g/mol. The monoisotopic (exact) mass is 209 g/mol. The zero-order valence-corrected chi connectivity index (χ0v) is 9.06. The minimum atomic E-state index is 0.279. The van der Waals surface area contributed by atoms with Crippen molar-refractivity contribution in [3.05, 3.63) is 24.2 Å². The van der Waals surface area contributed by atoms with Gasteiger partial charge in [-0.05, 0) is 31.4 Å². The molecule has 1 aliphatic rings. The molecule has 84 valence electrons. The fourth-order valence-corrected chi connectivity index (χ4v) is 2.02. The summed E-state index contributed by atoms with van der Waals surface area (Å²) in [5, 5.41) is 8.86. The second kappa shape index (κ2) is 5.33. The molecule has 0 atom stereocenters. The van der Waals surface area contributed by atoms with Crippen LogP contribution in [0.15, 0.2) is 22.8 Å². The molecule has 1 aliphatic carbocycles. The lowest BCUT2D eigenvalue weighted by molar-refractivity contribution is 0.102. The van der Waals surface area contributed by atoms with E-state index >= 15 is 0 Å². The van der Waals surface area contributed by atoms with Crippen LogP contribution >= 0.6 is 0 Å². The quantitative estimate of drug-likeness (QED) is 0.778. The summed E-state index contributed by atoms with van der Waals surface area (Å²) >= 11 is 0. The van der Waals surface area contributed by atoms with E-state index in [-0.39, 0.29) is 6.61 Å². The molecule has 0 saturated heterocycles. The Bertz CT molecular complexity index is 267. The first-order valence-electron chi connectivity index (χ1n) is 5.77. The maximum absolute atomic E-state index is 8.86. The molecule has 1 saturated carbocycles. The Morgan fingerprint density at radius 1 is 1.47 bits per heavy atom. The summed E-state index contributed by atoms with van der Waals surface area (Å²) in [4.78, 5) is 2.43. The summed E-state index contributed by atoms with van der Waals surface area (Å²) in [5.74, 6) is 1.03. The number of aliphatic hydroxyl groups excluding tert-OH is 1. The van der Waals surface area contributed by atoms with Crippen molar-refractivity contribution >= 4 is 0 Å². The summed E-state index contributed by atoms with van der Waals surface area (Å²) in [6, 6.07) is 4.66. The smallest absolute Gasteiger partial charge is 0.117 e. The van der Waals surface area contributed by atoms with Crippen LogP contribution in [-0.2, 0) is 6.54 Å². The van der Waals surface area contributed by atoms with Crippen molar-refractivity contribution in [2.75, 3.05) is 13.2 Å². The van der Waals surface area contributed by atoms with Gasteiger partial charge in [-0.1, -0.05) is 6.42 Å². The molecule has 1 aromatic rings. The number of hydrogen-bond donors (Lipinski definition) is 1. The van der Waals surface area contributed by atoms with Crippen molar-refractivity contribution in [1.29, 1.82) is 0 Å². The molecular weight excluding hydrogens is 190 g/mol. The van der Waals surface area contributed by atoms with Crippen LogP contribution in [0.25, 0.3) is 0 Å². The van der Waals surface area contributed by atoms with E-state index in [1.807, 2.05) is 12.1 Å². The Hall–Kier alpha value is -0.800. The fraction of sp³-hybridized carbons (Fsp3) is 0.667. The number of hydrogen-bond acceptors (Lipinski definition) is 3. The van der Waals surface area contributed by atoms with Gasteiger partial charge in [-0.15, -0.1) is 0 Å². The summed E-state index contributed by atoms with van der Waals surface area (Å²) in [6.07, 6.45) is 6.52. The third-order valence-corrected chi connectivity index (χ3v) is 3.13. The van der Waals surface area contributed by atoms with Gasteiger partial charge in [0.15, 0.2) is 0 Å². The lowest BCUT2D eigenvalue weighted by atomic mass is 9.91. The predicted octanol–water partition coefficient (Wildman–Crippen LogP) is 2.02. The highest BCUT2D eigenvalue weighted by molar-refractivity contribution is 4.99. The summed E-state index contributed by atoms with van der Waals surface area (Å²) in [5.41, 5.74) is 0. The molecule has 15 heavy (non-hydrogen) atoms. The van der Waals surface area contributed by atoms with Crippen molar-refractivity contribution in [1.82, 2.24) is 4.90 Å². The summed E-state index contributed by atoms with van der Waals surface area (Å²) < 4.78 is 5.36. The van der Waals surface area contributed by atoms with Crippen LogP contribution in [0, 0.1) is 0 Å². The molecule has 2 rings (SSSR count). The largest absolute Gasteiger partial charge is 0.468 e. The van der Waals surface area contributed by atoms with Gasteiger partial charge in [-0.3, -0.25) is 4.90 Å². The molecule has 0 aromatic carbocycles. The first-order chi connectivity index (χ1) is 7.40. The van der Waals surface area contributed by atoms with Crippen molar-refractivity contribution in [2.45, 2.75) is 38.3 Å². The van der Waals surface area contributed by atoms with Crippen LogP contribution in [0.5, 0.6) is 0 Å². The topological polar surface area (TPSA) is 36.6 Å². The van der Waals surface area contributed by atoms with Crippen LogP contribution in [0.2, 0.25) is 0 Å². The van der Waals surface area contributed by atoms with Crippen molar-refractivity contribution < 1.29 is 9.52 Å². The SMILES string of the molecule is OCCCN(Cc1ccco1)C1CCC1. The molecule has 1 fully saturated rings. The van der Waals surface area contributed by atoms with Crippen molar-refractivity contribution in [2.24, 2.45) is 0 Å². The van der Waals surface area contributed by atoms with Crippen LogP contribution in [-0.4, -0.2) is 29.2 Å². The minimum Gasteiger partial charge on any atom is -0.468 e. The molecule has 3 heteroatoms. The Balaban J connectivity index is 1.86. The lowest BCUT2D eigenvalue weighted by Gasteiger charge is -2.37. The number of nitrogens with zero attached hydrogens (tertiary/aromatic N) is 1. The highest BCUT2D eigenvalue weighted by Gasteiger charge is 2.24. The van der Waals surface area contributed by atoms with Crippen LogP contribution in [0.3, 0.4) is 0 Å². The summed E-state index contributed by atoms with van der Waals surface area (Å²) in [6.45, 7) is 2.14. The molecule has 3 nitrogen and oxygen atoms in total. The van der Waals surface area contributed by atoms with Gasteiger partial charge >= 0.3 is 0 Å². The predicted molar refractivity (Wildman–Crippen MR) is 58.5 cm³/mol. The third-order valence-electron chi connectivity index (χ3n) is 3.13. The standard InChI is InChI=1S/C12H19NO2/c14-8-3-7-13(11-4-1-5-11)10-12-6-2-9-15-12/h2,6,9,11,14H,1,3-5,7-8,10H2. The first-order valence-corrected chi connectivity index (χ1v) is 5.77. The molecule has 0 unspecified atom stereocenters. The molecule has 1 heterocycles. The van der Waals surface area contributed by atoms with Gasteiger partial charge in [-0.2, -0.15) is 0 Å². The fourth-order valence-electron chi connectivity index (χ4n) is 2.02. The first kappa shape index (κ1) is 10.7. The molecule has 0 spiro atoms. The van der Waals surface area contributed by atoms with E-state index < -0.39 is 0 Å². The van der Waals surface area contributed by atoms with Crippen LogP contribution in [0.1, 0.15) is 31.4 Å². The Kier molecular flexibility index (Phi) is 3.80. The van der Waals surface area contributed by atoms with Gasteiger partial charge in [0, 0.05) is 19.2 Å². The number of rotatable bonds is 6.